The summed E-state index contributed by atoms with van der Waals surface area (Å²) >= 11 is 1.97. The predicted molar refractivity (Wildman–Crippen MR) is 69.2 cm³/mol. The molecule has 0 bridgehead atoms. The van der Waals surface area contributed by atoms with Crippen molar-refractivity contribution in [3.63, 3.8) is 0 Å². The first-order valence-corrected chi connectivity index (χ1v) is 7.24. The topological polar surface area (TPSA) is 18.5 Å². The van der Waals surface area contributed by atoms with Crippen LogP contribution in [0.25, 0.3) is 0 Å². The van der Waals surface area contributed by atoms with E-state index in [1.807, 2.05) is 11.8 Å². The van der Waals surface area contributed by atoms with E-state index in [9.17, 15) is 0 Å². The van der Waals surface area contributed by atoms with Crippen LogP contribution in [0.1, 0.15) is 25.7 Å². The van der Waals surface area contributed by atoms with Crippen LogP contribution in [0.2, 0.25) is 0 Å². The van der Waals surface area contributed by atoms with E-state index >= 15 is 0 Å². The fourth-order valence-corrected chi connectivity index (χ4v) is 4.02. The Labute approximate surface area is 107 Å². The van der Waals surface area contributed by atoms with Crippen molar-refractivity contribution in [1.29, 1.82) is 0 Å². The zero-order valence-corrected chi connectivity index (χ0v) is 10.7. The molecule has 3 rings (SSSR count). The van der Waals surface area contributed by atoms with Crippen LogP contribution < -0.4 is 0 Å². The molecule has 1 unspecified atom stereocenters. The van der Waals surface area contributed by atoms with Gasteiger partial charge in [-0.05, 0) is 25.0 Å². The van der Waals surface area contributed by atoms with Gasteiger partial charge >= 0.3 is 0 Å². The summed E-state index contributed by atoms with van der Waals surface area (Å²) < 4.78 is 11.6. The van der Waals surface area contributed by atoms with Gasteiger partial charge in [0.05, 0.1) is 13.2 Å². The Morgan fingerprint density at radius 1 is 1.12 bits per heavy atom. The molecule has 92 valence electrons. The van der Waals surface area contributed by atoms with Crippen LogP contribution >= 0.6 is 11.8 Å². The van der Waals surface area contributed by atoms with Crippen LogP contribution in [0.15, 0.2) is 35.2 Å². The summed E-state index contributed by atoms with van der Waals surface area (Å²) in [6.07, 6.45) is 4.59. The van der Waals surface area contributed by atoms with Crippen LogP contribution in [-0.4, -0.2) is 24.3 Å². The van der Waals surface area contributed by atoms with Gasteiger partial charge in [-0.2, -0.15) is 0 Å². The highest BCUT2D eigenvalue weighted by molar-refractivity contribution is 8.00. The highest BCUT2D eigenvalue weighted by Crippen LogP contribution is 2.42. The molecule has 2 nitrogen and oxygen atoms in total. The lowest BCUT2D eigenvalue weighted by atomic mass is 9.94. The van der Waals surface area contributed by atoms with Crippen LogP contribution in [0.3, 0.4) is 0 Å². The van der Waals surface area contributed by atoms with Gasteiger partial charge in [-0.15, -0.1) is 11.8 Å². The lowest BCUT2D eigenvalue weighted by Gasteiger charge is -2.35. The molecule has 0 aromatic heterocycles. The molecule has 17 heavy (non-hydrogen) atoms. The largest absolute Gasteiger partial charge is 0.347 e. The minimum atomic E-state index is -0.245. The van der Waals surface area contributed by atoms with Gasteiger partial charge in [-0.25, -0.2) is 0 Å². The minimum absolute atomic E-state index is 0.245. The van der Waals surface area contributed by atoms with Gasteiger partial charge < -0.3 is 9.47 Å². The Morgan fingerprint density at radius 2 is 1.88 bits per heavy atom. The first kappa shape index (κ1) is 11.6. The fraction of sp³-hybridized carbons (Fsp3) is 0.571. The maximum atomic E-state index is 5.81. The lowest BCUT2D eigenvalue weighted by Crippen LogP contribution is -2.37. The van der Waals surface area contributed by atoms with Crippen LogP contribution in [0.5, 0.6) is 0 Å². The third-order valence-electron chi connectivity index (χ3n) is 3.48. The number of hydrogen-bond donors (Lipinski definition) is 0. The van der Waals surface area contributed by atoms with Gasteiger partial charge in [-0.3, -0.25) is 0 Å². The standard InChI is InChI=1S/C14H18O2S/c1-2-5-12(6-3-1)17-13-7-4-8-14(11-13)15-9-10-16-14/h1-3,5-6,13H,4,7-11H2. The van der Waals surface area contributed by atoms with Crippen molar-refractivity contribution in [1.82, 2.24) is 0 Å². The van der Waals surface area contributed by atoms with Crippen molar-refractivity contribution in [2.24, 2.45) is 0 Å². The van der Waals surface area contributed by atoms with E-state index in [0.29, 0.717) is 5.25 Å². The van der Waals surface area contributed by atoms with Gasteiger partial charge in [0.25, 0.3) is 0 Å². The van der Waals surface area contributed by atoms with Gasteiger partial charge in [0.1, 0.15) is 0 Å². The summed E-state index contributed by atoms with van der Waals surface area (Å²) in [5.41, 5.74) is 0. The van der Waals surface area contributed by atoms with Crippen LogP contribution in [-0.2, 0) is 9.47 Å². The highest BCUT2D eigenvalue weighted by Gasteiger charge is 2.41. The summed E-state index contributed by atoms with van der Waals surface area (Å²) in [6.45, 7) is 1.53. The predicted octanol–water partition coefficient (Wildman–Crippen LogP) is 3.46. The van der Waals surface area contributed by atoms with Crippen LogP contribution in [0.4, 0.5) is 0 Å². The molecule has 0 amide bonds. The van der Waals surface area contributed by atoms with Crippen molar-refractivity contribution < 1.29 is 9.47 Å². The quantitative estimate of drug-likeness (QED) is 0.801. The Hall–Kier alpha value is -0.510. The van der Waals surface area contributed by atoms with E-state index in [-0.39, 0.29) is 5.79 Å². The molecule has 1 aromatic rings. The molecule has 2 fully saturated rings. The molecule has 1 atom stereocenters. The molecular weight excluding hydrogens is 232 g/mol. The molecule has 1 saturated carbocycles. The molecule has 1 aromatic carbocycles. The molecule has 1 saturated heterocycles. The van der Waals surface area contributed by atoms with E-state index in [1.54, 1.807) is 0 Å². The number of ether oxygens (including phenoxy) is 2. The number of thioether (sulfide) groups is 1. The smallest absolute Gasteiger partial charge is 0.169 e. The second-order valence-corrected chi connectivity index (χ2v) is 6.13. The van der Waals surface area contributed by atoms with Crippen LogP contribution in [0, 0.1) is 0 Å². The minimum Gasteiger partial charge on any atom is -0.347 e. The van der Waals surface area contributed by atoms with E-state index in [2.05, 4.69) is 30.3 Å². The summed E-state index contributed by atoms with van der Waals surface area (Å²) in [7, 11) is 0. The van der Waals surface area contributed by atoms with E-state index in [1.165, 1.54) is 17.7 Å². The average molecular weight is 250 g/mol. The third kappa shape index (κ3) is 2.67. The van der Waals surface area contributed by atoms with E-state index in [4.69, 9.17) is 9.47 Å². The van der Waals surface area contributed by atoms with E-state index in [0.717, 1.165) is 26.1 Å². The van der Waals surface area contributed by atoms with Crippen molar-refractivity contribution >= 4 is 11.8 Å². The zero-order valence-electron chi connectivity index (χ0n) is 9.93. The molecule has 0 radical (unpaired) electrons. The molecular formula is C14H18O2S. The molecule has 1 spiro atoms. The highest BCUT2D eigenvalue weighted by atomic mass is 32.2. The SMILES string of the molecule is c1ccc(SC2CCCC3(C2)OCCO3)cc1. The number of hydrogen-bond acceptors (Lipinski definition) is 3. The summed E-state index contributed by atoms with van der Waals surface area (Å²) in [6, 6.07) is 10.6. The Morgan fingerprint density at radius 3 is 2.65 bits per heavy atom. The van der Waals surface area contributed by atoms with E-state index < -0.39 is 0 Å². The number of benzene rings is 1. The monoisotopic (exact) mass is 250 g/mol. The first-order valence-electron chi connectivity index (χ1n) is 6.36. The zero-order chi connectivity index (χ0) is 11.6. The lowest BCUT2D eigenvalue weighted by molar-refractivity contribution is -0.175. The second-order valence-electron chi connectivity index (χ2n) is 4.76. The molecule has 3 heteroatoms. The Bertz CT molecular complexity index is 360. The molecule has 2 aliphatic rings. The molecule has 1 aliphatic carbocycles. The van der Waals surface area contributed by atoms with Gasteiger partial charge in [0, 0.05) is 23.0 Å². The molecule has 1 heterocycles. The average Bonchev–Trinajstić information content (AvgIpc) is 2.79. The van der Waals surface area contributed by atoms with Crippen molar-refractivity contribution in [3.8, 4) is 0 Å². The third-order valence-corrected chi connectivity index (χ3v) is 4.76. The van der Waals surface area contributed by atoms with Crippen molar-refractivity contribution in [3.05, 3.63) is 30.3 Å². The van der Waals surface area contributed by atoms with Crippen molar-refractivity contribution in [2.45, 2.75) is 41.6 Å². The normalized spacial score (nSPS) is 27.4. The maximum Gasteiger partial charge on any atom is 0.169 e. The first-order chi connectivity index (χ1) is 8.36. The van der Waals surface area contributed by atoms with Gasteiger partial charge in [0.15, 0.2) is 5.79 Å². The second kappa shape index (κ2) is 5.01. The maximum absolute atomic E-state index is 5.81. The van der Waals surface area contributed by atoms with Gasteiger partial charge in [-0.1, -0.05) is 18.2 Å². The number of rotatable bonds is 2. The van der Waals surface area contributed by atoms with Gasteiger partial charge in [0.2, 0.25) is 0 Å². The summed E-state index contributed by atoms with van der Waals surface area (Å²) in [5.74, 6) is -0.245. The molecule has 0 N–H and O–H groups in total. The Balaban J connectivity index is 1.64. The Kier molecular flexibility index (Phi) is 3.41. The molecule has 1 aliphatic heterocycles. The summed E-state index contributed by atoms with van der Waals surface area (Å²) in [5, 5.41) is 0.629. The fourth-order valence-electron chi connectivity index (χ4n) is 2.70. The summed E-state index contributed by atoms with van der Waals surface area (Å²) in [4.78, 5) is 1.35. The van der Waals surface area contributed by atoms with Crippen molar-refractivity contribution in [2.75, 3.05) is 13.2 Å².